The number of hydrogen-bond donors (Lipinski definition) is 1. The van der Waals surface area contributed by atoms with Crippen LogP contribution in [0.25, 0.3) is 5.69 Å². The number of carbonyl (C=O) groups excluding carboxylic acids is 1. The fourth-order valence-electron chi connectivity index (χ4n) is 2.89. The SMILES string of the molecule is Cc1ccc(-n2nnc(C(=O)N[C@H](C)CCc3ccccc3)c2C)cc1Cl. The number of carbonyl (C=O) groups is 1. The number of rotatable bonds is 6. The minimum absolute atomic E-state index is 0.0380. The summed E-state index contributed by atoms with van der Waals surface area (Å²) >= 11 is 6.20. The Kier molecular flexibility index (Phi) is 5.91. The van der Waals surface area contributed by atoms with Gasteiger partial charge in [-0.15, -0.1) is 5.10 Å². The van der Waals surface area contributed by atoms with Crippen molar-refractivity contribution in [2.45, 2.75) is 39.7 Å². The first-order valence-electron chi connectivity index (χ1n) is 8.99. The molecule has 1 amide bonds. The number of halogens is 1. The van der Waals surface area contributed by atoms with E-state index in [1.54, 1.807) is 4.68 Å². The number of hydrogen-bond acceptors (Lipinski definition) is 3. The van der Waals surface area contributed by atoms with Crippen molar-refractivity contribution in [1.29, 1.82) is 0 Å². The molecule has 5 nitrogen and oxygen atoms in total. The smallest absolute Gasteiger partial charge is 0.273 e. The topological polar surface area (TPSA) is 59.8 Å². The van der Waals surface area contributed by atoms with Gasteiger partial charge in [0.25, 0.3) is 5.91 Å². The maximum Gasteiger partial charge on any atom is 0.273 e. The lowest BCUT2D eigenvalue weighted by Gasteiger charge is -2.13. The summed E-state index contributed by atoms with van der Waals surface area (Å²) in [5, 5.41) is 11.9. The van der Waals surface area contributed by atoms with Gasteiger partial charge in [0.2, 0.25) is 0 Å². The summed E-state index contributed by atoms with van der Waals surface area (Å²) in [5.74, 6) is -0.211. The molecule has 6 heteroatoms. The fourth-order valence-corrected chi connectivity index (χ4v) is 3.06. The minimum atomic E-state index is -0.211. The Labute approximate surface area is 164 Å². The van der Waals surface area contributed by atoms with Gasteiger partial charge < -0.3 is 5.32 Å². The van der Waals surface area contributed by atoms with Crippen LogP contribution in [0.2, 0.25) is 5.02 Å². The molecule has 0 aliphatic carbocycles. The minimum Gasteiger partial charge on any atom is -0.348 e. The predicted molar refractivity (Wildman–Crippen MR) is 108 cm³/mol. The highest BCUT2D eigenvalue weighted by Crippen LogP contribution is 2.20. The second-order valence-electron chi connectivity index (χ2n) is 6.77. The van der Waals surface area contributed by atoms with E-state index < -0.39 is 0 Å². The molecule has 1 N–H and O–H groups in total. The van der Waals surface area contributed by atoms with E-state index in [1.807, 2.05) is 57.2 Å². The van der Waals surface area contributed by atoms with E-state index in [-0.39, 0.29) is 11.9 Å². The van der Waals surface area contributed by atoms with E-state index in [2.05, 4.69) is 27.8 Å². The van der Waals surface area contributed by atoms with Gasteiger partial charge in [-0.1, -0.05) is 53.2 Å². The van der Waals surface area contributed by atoms with Gasteiger partial charge in [0.1, 0.15) is 0 Å². The molecule has 0 saturated heterocycles. The van der Waals surface area contributed by atoms with Crippen LogP contribution >= 0.6 is 11.6 Å². The van der Waals surface area contributed by atoms with Crippen molar-refractivity contribution in [2.24, 2.45) is 0 Å². The lowest BCUT2D eigenvalue weighted by molar-refractivity contribution is 0.0932. The molecule has 2 aromatic carbocycles. The van der Waals surface area contributed by atoms with E-state index in [0.717, 1.165) is 24.1 Å². The Morgan fingerprint density at radius 1 is 1.19 bits per heavy atom. The van der Waals surface area contributed by atoms with Gasteiger partial charge in [-0.05, 0) is 56.9 Å². The first kappa shape index (κ1) is 19.1. The van der Waals surface area contributed by atoms with Gasteiger partial charge in [0.15, 0.2) is 5.69 Å². The zero-order valence-electron chi connectivity index (χ0n) is 15.7. The number of amides is 1. The summed E-state index contributed by atoms with van der Waals surface area (Å²) in [6, 6.07) is 15.9. The van der Waals surface area contributed by atoms with E-state index >= 15 is 0 Å². The summed E-state index contributed by atoms with van der Waals surface area (Å²) in [4.78, 5) is 12.6. The van der Waals surface area contributed by atoms with Gasteiger partial charge in [-0.25, -0.2) is 4.68 Å². The number of nitrogens with zero attached hydrogens (tertiary/aromatic N) is 3. The van der Waals surface area contributed by atoms with Crippen LogP contribution in [0.4, 0.5) is 0 Å². The molecule has 0 bridgehead atoms. The molecule has 1 heterocycles. The number of aryl methyl sites for hydroxylation is 2. The monoisotopic (exact) mass is 382 g/mol. The normalized spacial score (nSPS) is 12.0. The summed E-state index contributed by atoms with van der Waals surface area (Å²) in [5.41, 5.74) is 4.05. The molecule has 0 unspecified atom stereocenters. The summed E-state index contributed by atoms with van der Waals surface area (Å²) < 4.78 is 1.63. The molecule has 140 valence electrons. The molecule has 3 aromatic rings. The van der Waals surface area contributed by atoms with Crippen LogP contribution in [0, 0.1) is 13.8 Å². The van der Waals surface area contributed by atoms with Crippen molar-refractivity contribution in [3.05, 3.63) is 76.1 Å². The van der Waals surface area contributed by atoms with Crippen LogP contribution < -0.4 is 5.32 Å². The fraction of sp³-hybridized carbons (Fsp3) is 0.286. The van der Waals surface area contributed by atoms with Gasteiger partial charge in [-0.2, -0.15) is 0 Å². The highest BCUT2D eigenvalue weighted by molar-refractivity contribution is 6.31. The maximum atomic E-state index is 12.6. The highest BCUT2D eigenvalue weighted by atomic mass is 35.5. The van der Waals surface area contributed by atoms with Crippen molar-refractivity contribution < 1.29 is 4.79 Å². The largest absolute Gasteiger partial charge is 0.348 e. The third-order valence-electron chi connectivity index (χ3n) is 4.60. The highest BCUT2D eigenvalue weighted by Gasteiger charge is 2.19. The quantitative estimate of drug-likeness (QED) is 0.691. The average molecular weight is 383 g/mol. The van der Waals surface area contributed by atoms with Crippen LogP contribution in [0.5, 0.6) is 0 Å². The molecule has 0 saturated carbocycles. The Hall–Kier alpha value is -2.66. The zero-order valence-corrected chi connectivity index (χ0v) is 16.5. The standard InChI is InChI=1S/C21H23ClN4O/c1-14-9-12-18(13-19(14)22)26-16(3)20(24-25-26)21(27)23-15(2)10-11-17-7-5-4-6-8-17/h4-9,12-13,15H,10-11H2,1-3H3,(H,23,27)/t15-/m1/s1. The average Bonchev–Trinajstić information content (AvgIpc) is 3.05. The van der Waals surface area contributed by atoms with Crippen molar-refractivity contribution in [2.75, 3.05) is 0 Å². The van der Waals surface area contributed by atoms with Gasteiger partial charge in [0.05, 0.1) is 11.4 Å². The lowest BCUT2D eigenvalue weighted by atomic mass is 10.1. The first-order valence-corrected chi connectivity index (χ1v) is 9.37. The first-order chi connectivity index (χ1) is 13.0. The molecule has 0 aliphatic rings. The van der Waals surface area contributed by atoms with Crippen LogP contribution in [0.1, 0.15) is 40.7 Å². The second kappa shape index (κ2) is 8.35. The van der Waals surface area contributed by atoms with Crippen LogP contribution in [0.3, 0.4) is 0 Å². The van der Waals surface area contributed by atoms with Crippen molar-refractivity contribution >= 4 is 17.5 Å². The molecule has 0 spiro atoms. The summed E-state index contributed by atoms with van der Waals surface area (Å²) in [6.07, 6.45) is 1.77. The van der Waals surface area contributed by atoms with E-state index in [0.29, 0.717) is 16.4 Å². The lowest BCUT2D eigenvalue weighted by Crippen LogP contribution is -2.33. The van der Waals surface area contributed by atoms with E-state index in [9.17, 15) is 4.79 Å². The summed E-state index contributed by atoms with van der Waals surface area (Å²) in [7, 11) is 0. The Morgan fingerprint density at radius 3 is 2.63 bits per heavy atom. The molecule has 3 rings (SSSR count). The van der Waals surface area contributed by atoms with Crippen LogP contribution in [-0.4, -0.2) is 26.9 Å². The maximum absolute atomic E-state index is 12.6. The molecule has 27 heavy (non-hydrogen) atoms. The third-order valence-corrected chi connectivity index (χ3v) is 5.00. The molecular formula is C21H23ClN4O. The van der Waals surface area contributed by atoms with Crippen molar-refractivity contribution in [1.82, 2.24) is 20.3 Å². The van der Waals surface area contributed by atoms with Gasteiger partial charge >= 0.3 is 0 Å². The predicted octanol–water partition coefficient (Wildman–Crippen LogP) is 4.29. The Morgan fingerprint density at radius 2 is 1.93 bits per heavy atom. The molecule has 0 radical (unpaired) electrons. The van der Waals surface area contributed by atoms with Crippen molar-refractivity contribution in [3.63, 3.8) is 0 Å². The summed E-state index contributed by atoms with van der Waals surface area (Å²) in [6.45, 7) is 5.77. The van der Waals surface area contributed by atoms with Crippen LogP contribution in [-0.2, 0) is 6.42 Å². The van der Waals surface area contributed by atoms with E-state index in [4.69, 9.17) is 11.6 Å². The van der Waals surface area contributed by atoms with Gasteiger partial charge in [-0.3, -0.25) is 4.79 Å². The number of benzene rings is 2. The number of aromatic nitrogens is 3. The van der Waals surface area contributed by atoms with Gasteiger partial charge in [0, 0.05) is 11.1 Å². The third kappa shape index (κ3) is 4.55. The Bertz CT molecular complexity index is 937. The molecule has 1 aromatic heterocycles. The van der Waals surface area contributed by atoms with E-state index in [1.165, 1.54) is 5.56 Å². The Balaban J connectivity index is 1.66. The number of nitrogens with one attached hydrogen (secondary N) is 1. The molecule has 0 fully saturated rings. The molecular weight excluding hydrogens is 360 g/mol. The van der Waals surface area contributed by atoms with Crippen LogP contribution in [0.15, 0.2) is 48.5 Å². The van der Waals surface area contributed by atoms with Crippen molar-refractivity contribution in [3.8, 4) is 5.69 Å². The molecule has 1 atom stereocenters. The zero-order chi connectivity index (χ0) is 19.4. The molecule has 0 aliphatic heterocycles. The second-order valence-corrected chi connectivity index (χ2v) is 7.17.